The van der Waals surface area contributed by atoms with Crippen LogP contribution in [-0.4, -0.2) is 6.61 Å². The number of rotatable bonds is 7. The van der Waals surface area contributed by atoms with Gasteiger partial charge in [0.05, 0.1) is 6.61 Å². The second kappa shape index (κ2) is 7.94. The molecule has 90 valence electrons. The number of hydrogen-bond acceptors (Lipinski definition) is 1. The summed E-state index contributed by atoms with van der Waals surface area (Å²) in [6, 6.07) is 5.52. The third-order valence-corrected chi connectivity index (χ3v) is 3.16. The molecule has 0 amide bonds. The maximum absolute atomic E-state index is 6.03. The summed E-state index contributed by atoms with van der Waals surface area (Å²) >= 11 is 12.1. The molecule has 0 N–H and O–H groups in total. The molecule has 0 saturated heterocycles. The fourth-order valence-electron chi connectivity index (χ4n) is 1.48. The lowest BCUT2D eigenvalue weighted by Crippen LogP contribution is -1.97. The van der Waals surface area contributed by atoms with Crippen LogP contribution >= 0.6 is 23.2 Å². The van der Waals surface area contributed by atoms with Crippen LogP contribution in [-0.2, 0) is 11.3 Å². The first kappa shape index (κ1) is 13.8. The van der Waals surface area contributed by atoms with Gasteiger partial charge in [-0.25, -0.2) is 0 Å². The standard InChI is InChI=1S/C13H18Cl2O/c1-2-3-4-5-9-16-10-11-12(14)7-6-8-13(11)15/h6-8H,2-5,9-10H2,1H3. The maximum atomic E-state index is 6.03. The van der Waals surface area contributed by atoms with Gasteiger partial charge in [-0.15, -0.1) is 0 Å². The van der Waals surface area contributed by atoms with Crippen LogP contribution in [0.1, 0.15) is 38.2 Å². The molecule has 3 heteroatoms. The van der Waals surface area contributed by atoms with Crippen LogP contribution in [0.5, 0.6) is 0 Å². The maximum Gasteiger partial charge on any atom is 0.0746 e. The van der Waals surface area contributed by atoms with Crippen molar-refractivity contribution in [2.45, 2.75) is 39.2 Å². The Morgan fingerprint density at radius 1 is 1.06 bits per heavy atom. The molecule has 1 rings (SSSR count). The number of ether oxygens (including phenoxy) is 1. The van der Waals surface area contributed by atoms with E-state index in [1.165, 1.54) is 19.3 Å². The molecule has 0 fully saturated rings. The van der Waals surface area contributed by atoms with E-state index in [0.717, 1.165) is 18.6 Å². The lowest BCUT2D eigenvalue weighted by atomic mass is 10.2. The zero-order valence-corrected chi connectivity index (χ0v) is 11.2. The molecule has 0 saturated carbocycles. The predicted molar refractivity (Wildman–Crippen MR) is 70.3 cm³/mol. The van der Waals surface area contributed by atoms with Crippen LogP contribution in [0.15, 0.2) is 18.2 Å². The molecule has 0 heterocycles. The highest BCUT2D eigenvalue weighted by Crippen LogP contribution is 2.24. The fraction of sp³-hybridized carbons (Fsp3) is 0.538. The summed E-state index contributed by atoms with van der Waals surface area (Å²) in [5.74, 6) is 0. The molecule has 0 aliphatic carbocycles. The van der Waals surface area contributed by atoms with E-state index >= 15 is 0 Å². The summed E-state index contributed by atoms with van der Waals surface area (Å²) < 4.78 is 5.56. The van der Waals surface area contributed by atoms with Crippen LogP contribution in [0.3, 0.4) is 0 Å². The second-order valence-corrected chi connectivity index (χ2v) is 4.63. The zero-order valence-electron chi connectivity index (χ0n) is 9.64. The van der Waals surface area contributed by atoms with Crippen molar-refractivity contribution in [2.24, 2.45) is 0 Å². The van der Waals surface area contributed by atoms with Crippen molar-refractivity contribution in [3.05, 3.63) is 33.8 Å². The van der Waals surface area contributed by atoms with Gasteiger partial charge in [0.25, 0.3) is 0 Å². The topological polar surface area (TPSA) is 9.23 Å². The smallest absolute Gasteiger partial charge is 0.0746 e. The van der Waals surface area contributed by atoms with E-state index in [4.69, 9.17) is 27.9 Å². The van der Waals surface area contributed by atoms with Gasteiger partial charge in [0.1, 0.15) is 0 Å². The van der Waals surface area contributed by atoms with Gasteiger partial charge in [0.2, 0.25) is 0 Å². The van der Waals surface area contributed by atoms with Crippen molar-refractivity contribution in [3.8, 4) is 0 Å². The zero-order chi connectivity index (χ0) is 11.8. The lowest BCUT2D eigenvalue weighted by Gasteiger charge is -2.07. The molecular formula is C13H18Cl2O. The SMILES string of the molecule is CCCCCCOCc1c(Cl)cccc1Cl. The number of hydrogen-bond donors (Lipinski definition) is 0. The van der Waals surface area contributed by atoms with E-state index in [1.807, 2.05) is 18.2 Å². The van der Waals surface area contributed by atoms with Crippen LogP contribution in [0.2, 0.25) is 10.0 Å². The van der Waals surface area contributed by atoms with Crippen molar-refractivity contribution in [3.63, 3.8) is 0 Å². The minimum absolute atomic E-state index is 0.505. The van der Waals surface area contributed by atoms with Crippen LogP contribution in [0.25, 0.3) is 0 Å². The van der Waals surface area contributed by atoms with Crippen LogP contribution in [0.4, 0.5) is 0 Å². The quantitative estimate of drug-likeness (QED) is 0.621. The van der Waals surface area contributed by atoms with Gasteiger partial charge in [-0.05, 0) is 18.6 Å². The molecule has 0 aliphatic rings. The van der Waals surface area contributed by atoms with Gasteiger partial charge >= 0.3 is 0 Å². The molecule has 0 unspecified atom stereocenters. The first-order valence-corrected chi connectivity index (χ1v) is 6.52. The van der Waals surface area contributed by atoms with E-state index in [2.05, 4.69) is 6.92 Å². The monoisotopic (exact) mass is 260 g/mol. The molecule has 0 aliphatic heterocycles. The molecule has 16 heavy (non-hydrogen) atoms. The normalized spacial score (nSPS) is 10.7. The fourth-order valence-corrected chi connectivity index (χ4v) is 1.98. The number of unbranched alkanes of at least 4 members (excludes halogenated alkanes) is 3. The first-order chi connectivity index (χ1) is 7.75. The van der Waals surface area contributed by atoms with Crippen molar-refractivity contribution < 1.29 is 4.74 Å². The third-order valence-electron chi connectivity index (χ3n) is 2.45. The molecule has 1 aromatic rings. The van der Waals surface area contributed by atoms with E-state index in [9.17, 15) is 0 Å². The Labute approximate surface area is 108 Å². The van der Waals surface area contributed by atoms with Crippen molar-refractivity contribution >= 4 is 23.2 Å². The highest BCUT2D eigenvalue weighted by atomic mass is 35.5. The summed E-state index contributed by atoms with van der Waals surface area (Å²) in [5, 5.41) is 1.36. The highest BCUT2D eigenvalue weighted by molar-refractivity contribution is 6.35. The summed E-state index contributed by atoms with van der Waals surface area (Å²) in [6.07, 6.45) is 4.86. The summed E-state index contributed by atoms with van der Waals surface area (Å²) in [7, 11) is 0. The summed E-state index contributed by atoms with van der Waals surface area (Å²) in [6.45, 7) is 3.48. The van der Waals surface area contributed by atoms with Gasteiger partial charge in [0.15, 0.2) is 0 Å². The van der Waals surface area contributed by atoms with E-state index in [1.54, 1.807) is 0 Å². The summed E-state index contributed by atoms with van der Waals surface area (Å²) in [4.78, 5) is 0. The van der Waals surface area contributed by atoms with E-state index < -0.39 is 0 Å². The average molecular weight is 261 g/mol. The molecule has 0 radical (unpaired) electrons. The van der Waals surface area contributed by atoms with E-state index in [-0.39, 0.29) is 0 Å². The van der Waals surface area contributed by atoms with Gasteiger partial charge in [-0.2, -0.15) is 0 Å². The van der Waals surface area contributed by atoms with Gasteiger partial charge in [0, 0.05) is 22.2 Å². The predicted octanol–water partition coefficient (Wildman–Crippen LogP) is 5.09. The molecule has 1 aromatic carbocycles. The highest BCUT2D eigenvalue weighted by Gasteiger charge is 2.04. The molecule has 0 spiro atoms. The Morgan fingerprint density at radius 3 is 2.38 bits per heavy atom. The molecular weight excluding hydrogens is 243 g/mol. The Balaban J connectivity index is 2.26. The van der Waals surface area contributed by atoms with Crippen LogP contribution < -0.4 is 0 Å². The number of benzene rings is 1. The molecule has 1 nitrogen and oxygen atoms in total. The first-order valence-electron chi connectivity index (χ1n) is 5.76. The van der Waals surface area contributed by atoms with Gasteiger partial charge in [-0.1, -0.05) is 55.5 Å². The molecule has 0 atom stereocenters. The average Bonchev–Trinajstić information content (AvgIpc) is 2.26. The van der Waals surface area contributed by atoms with Crippen molar-refractivity contribution in [1.82, 2.24) is 0 Å². The second-order valence-electron chi connectivity index (χ2n) is 3.81. The number of halogens is 2. The Hall–Kier alpha value is -0.240. The summed E-state index contributed by atoms with van der Waals surface area (Å²) in [5.41, 5.74) is 0.890. The van der Waals surface area contributed by atoms with Crippen molar-refractivity contribution in [2.75, 3.05) is 6.61 Å². The molecule has 0 aromatic heterocycles. The lowest BCUT2D eigenvalue weighted by molar-refractivity contribution is 0.117. The van der Waals surface area contributed by atoms with Crippen molar-refractivity contribution in [1.29, 1.82) is 0 Å². The molecule has 0 bridgehead atoms. The minimum atomic E-state index is 0.505. The van der Waals surface area contributed by atoms with Crippen LogP contribution in [0, 0.1) is 0 Å². The largest absolute Gasteiger partial charge is 0.377 e. The van der Waals surface area contributed by atoms with Gasteiger partial charge in [-0.3, -0.25) is 0 Å². The minimum Gasteiger partial charge on any atom is -0.377 e. The van der Waals surface area contributed by atoms with E-state index in [0.29, 0.717) is 16.7 Å². The Bertz CT molecular complexity index is 293. The Morgan fingerprint density at radius 2 is 1.75 bits per heavy atom. The Kier molecular flexibility index (Phi) is 6.86. The third kappa shape index (κ3) is 4.73. The van der Waals surface area contributed by atoms with Gasteiger partial charge < -0.3 is 4.74 Å².